The number of H-pyrrole nitrogens is 1. The Hall–Kier alpha value is -2.89. The normalized spacial score (nSPS) is 12.1. The van der Waals surface area contributed by atoms with Gasteiger partial charge in [0, 0.05) is 5.69 Å². The molecular weight excluding hydrogens is 290 g/mol. The predicted octanol–water partition coefficient (Wildman–Crippen LogP) is 2.70. The van der Waals surface area contributed by atoms with E-state index < -0.39 is 0 Å². The van der Waals surface area contributed by atoms with Gasteiger partial charge in [0.25, 0.3) is 5.91 Å². The summed E-state index contributed by atoms with van der Waals surface area (Å²) in [6, 6.07) is 9.97. The van der Waals surface area contributed by atoms with E-state index in [1.54, 1.807) is 0 Å². The Morgan fingerprint density at radius 2 is 2.00 bits per heavy atom. The van der Waals surface area contributed by atoms with Crippen molar-refractivity contribution >= 4 is 5.91 Å². The van der Waals surface area contributed by atoms with Gasteiger partial charge in [-0.1, -0.05) is 12.1 Å². The second-order valence-electron chi connectivity index (χ2n) is 5.59. The lowest BCUT2D eigenvalue weighted by Crippen LogP contribution is -2.26. The lowest BCUT2D eigenvalue weighted by atomic mass is 10.1. The molecule has 0 aliphatic rings. The van der Waals surface area contributed by atoms with Crippen molar-refractivity contribution in [1.29, 1.82) is 0 Å². The van der Waals surface area contributed by atoms with Crippen molar-refractivity contribution in [3.8, 4) is 5.69 Å². The number of rotatable bonds is 4. The third kappa shape index (κ3) is 3.15. The minimum Gasteiger partial charge on any atom is -0.344 e. The van der Waals surface area contributed by atoms with Crippen molar-refractivity contribution in [3.63, 3.8) is 0 Å². The predicted molar refractivity (Wildman–Crippen MR) is 87.5 cm³/mol. The molecule has 0 aliphatic heterocycles. The summed E-state index contributed by atoms with van der Waals surface area (Å²) in [4.78, 5) is 18.7. The van der Waals surface area contributed by atoms with E-state index in [0.717, 1.165) is 22.6 Å². The van der Waals surface area contributed by atoms with Crippen LogP contribution in [0.25, 0.3) is 5.69 Å². The molecule has 0 fully saturated rings. The van der Waals surface area contributed by atoms with Gasteiger partial charge in [-0.3, -0.25) is 4.79 Å². The lowest BCUT2D eigenvalue weighted by Gasteiger charge is -2.14. The molecule has 0 unspecified atom stereocenters. The van der Waals surface area contributed by atoms with Crippen molar-refractivity contribution < 1.29 is 4.79 Å². The Kier molecular flexibility index (Phi) is 3.97. The number of hydrogen-bond donors (Lipinski definition) is 2. The number of nitrogens with one attached hydrogen (secondary N) is 2. The molecule has 1 amide bonds. The van der Waals surface area contributed by atoms with Gasteiger partial charge in [-0.25, -0.2) is 9.67 Å². The SMILES string of the molecule is Cc1cc(C)n(-c2ccc([C@H](C)NC(=O)c3cnc[nH]3)cc2)n1. The maximum absolute atomic E-state index is 12.0. The summed E-state index contributed by atoms with van der Waals surface area (Å²) >= 11 is 0. The number of aryl methyl sites for hydroxylation is 2. The summed E-state index contributed by atoms with van der Waals surface area (Å²) < 4.78 is 1.91. The number of carbonyl (C=O) groups is 1. The third-order valence-electron chi connectivity index (χ3n) is 3.74. The van der Waals surface area contributed by atoms with Gasteiger partial charge in [0.05, 0.1) is 29.9 Å². The van der Waals surface area contributed by atoms with Crippen molar-refractivity contribution in [2.45, 2.75) is 26.8 Å². The molecule has 23 heavy (non-hydrogen) atoms. The van der Waals surface area contributed by atoms with Crippen LogP contribution in [0.2, 0.25) is 0 Å². The molecule has 0 aliphatic carbocycles. The van der Waals surface area contributed by atoms with Crippen LogP contribution >= 0.6 is 0 Å². The average Bonchev–Trinajstić information content (AvgIpc) is 3.17. The van der Waals surface area contributed by atoms with Gasteiger partial charge in [0.2, 0.25) is 0 Å². The molecule has 0 saturated heterocycles. The number of imidazole rings is 1. The van der Waals surface area contributed by atoms with Crippen LogP contribution < -0.4 is 5.32 Å². The van der Waals surface area contributed by atoms with Crippen molar-refractivity contribution in [2.75, 3.05) is 0 Å². The molecule has 118 valence electrons. The summed E-state index contributed by atoms with van der Waals surface area (Å²) in [6.07, 6.45) is 3.00. The Labute approximate surface area is 134 Å². The van der Waals surface area contributed by atoms with E-state index in [9.17, 15) is 4.79 Å². The molecule has 2 heterocycles. The first kappa shape index (κ1) is 15.0. The van der Waals surface area contributed by atoms with Crippen LogP contribution in [0.5, 0.6) is 0 Å². The van der Waals surface area contributed by atoms with Gasteiger partial charge < -0.3 is 10.3 Å². The standard InChI is InChI=1S/C17H19N5O/c1-11-8-12(2)22(21-11)15-6-4-14(5-7-15)13(3)20-17(23)16-9-18-10-19-16/h4-10,13H,1-3H3,(H,18,19)(H,20,23)/t13-/m0/s1. The van der Waals surface area contributed by atoms with Gasteiger partial charge in [0.1, 0.15) is 5.69 Å². The van der Waals surface area contributed by atoms with Crippen LogP contribution in [0, 0.1) is 13.8 Å². The largest absolute Gasteiger partial charge is 0.344 e. The Morgan fingerprint density at radius 1 is 1.26 bits per heavy atom. The topological polar surface area (TPSA) is 75.6 Å². The first-order valence-corrected chi connectivity index (χ1v) is 7.47. The van der Waals surface area contributed by atoms with E-state index in [1.165, 1.54) is 12.5 Å². The van der Waals surface area contributed by atoms with Gasteiger partial charge in [0.15, 0.2) is 0 Å². The van der Waals surface area contributed by atoms with Crippen LogP contribution in [0.1, 0.15) is 40.4 Å². The number of amides is 1. The molecule has 3 aromatic rings. The molecule has 0 bridgehead atoms. The molecule has 2 aromatic heterocycles. The monoisotopic (exact) mass is 309 g/mol. The maximum atomic E-state index is 12.0. The molecule has 0 spiro atoms. The highest BCUT2D eigenvalue weighted by Gasteiger charge is 2.12. The molecule has 3 rings (SSSR count). The summed E-state index contributed by atoms with van der Waals surface area (Å²) in [7, 11) is 0. The second-order valence-corrected chi connectivity index (χ2v) is 5.59. The van der Waals surface area contributed by atoms with E-state index in [0.29, 0.717) is 5.69 Å². The number of nitrogens with zero attached hydrogens (tertiary/aromatic N) is 3. The summed E-state index contributed by atoms with van der Waals surface area (Å²) in [5, 5.41) is 7.41. The van der Waals surface area contributed by atoms with Crippen LogP contribution in [-0.2, 0) is 0 Å². The van der Waals surface area contributed by atoms with E-state index >= 15 is 0 Å². The van der Waals surface area contributed by atoms with Crippen LogP contribution in [0.4, 0.5) is 0 Å². The van der Waals surface area contributed by atoms with E-state index in [4.69, 9.17) is 0 Å². The first-order chi connectivity index (χ1) is 11.0. The quantitative estimate of drug-likeness (QED) is 0.778. The van der Waals surface area contributed by atoms with Gasteiger partial charge in [-0.2, -0.15) is 5.10 Å². The zero-order chi connectivity index (χ0) is 16.4. The highest BCUT2D eigenvalue weighted by Crippen LogP contribution is 2.17. The molecule has 0 saturated carbocycles. The fraction of sp³-hybridized carbons (Fsp3) is 0.235. The molecule has 6 heteroatoms. The second kappa shape index (κ2) is 6.08. The Bertz CT molecular complexity index is 802. The molecular formula is C17H19N5O. The molecule has 6 nitrogen and oxygen atoms in total. The fourth-order valence-corrected chi connectivity index (χ4v) is 2.53. The lowest BCUT2D eigenvalue weighted by molar-refractivity contribution is 0.0935. The van der Waals surface area contributed by atoms with E-state index in [1.807, 2.05) is 55.8 Å². The highest BCUT2D eigenvalue weighted by molar-refractivity contribution is 5.92. The third-order valence-corrected chi connectivity index (χ3v) is 3.74. The number of benzene rings is 1. The van der Waals surface area contributed by atoms with Gasteiger partial charge in [-0.15, -0.1) is 0 Å². The molecule has 1 aromatic carbocycles. The van der Waals surface area contributed by atoms with Gasteiger partial charge in [-0.05, 0) is 44.5 Å². The van der Waals surface area contributed by atoms with E-state index in [-0.39, 0.29) is 11.9 Å². The smallest absolute Gasteiger partial charge is 0.269 e. The Balaban J connectivity index is 1.74. The van der Waals surface area contributed by atoms with Crippen LogP contribution in [0.15, 0.2) is 42.9 Å². The number of carbonyl (C=O) groups excluding carboxylic acids is 1. The van der Waals surface area contributed by atoms with Gasteiger partial charge >= 0.3 is 0 Å². The van der Waals surface area contributed by atoms with E-state index in [2.05, 4.69) is 20.4 Å². The molecule has 0 radical (unpaired) electrons. The Morgan fingerprint density at radius 3 is 2.57 bits per heavy atom. The van der Waals surface area contributed by atoms with Crippen LogP contribution in [-0.4, -0.2) is 25.7 Å². The van der Waals surface area contributed by atoms with Crippen molar-refractivity contribution in [1.82, 2.24) is 25.1 Å². The first-order valence-electron chi connectivity index (χ1n) is 7.47. The molecule has 1 atom stereocenters. The minimum absolute atomic E-state index is 0.0969. The van der Waals surface area contributed by atoms with Crippen LogP contribution in [0.3, 0.4) is 0 Å². The minimum atomic E-state index is -0.169. The number of aromatic amines is 1. The fourth-order valence-electron chi connectivity index (χ4n) is 2.53. The van der Waals surface area contributed by atoms with Crippen molar-refractivity contribution in [3.05, 3.63) is 65.5 Å². The summed E-state index contributed by atoms with van der Waals surface area (Å²) in [5.41, 5.74) is 4.58. The zero-order valence-electron chi connectivity index (χ0n) is 13.4. The molecule has 2 N–H and O–H groups in total. The summed E-state index contributed by atoms with van der Waals surface area (Å²) in [5.74, 6) is -0.169. The van der Waals surface area contributed by atoms with Crippen molar-refractivity contribution in [2.24, 2.45) is 0 Å². The number of aromatic nitrogens is 4. The summed E-state index contributed by atoms with van der Waals surface area (Å²) in [6.45, 7) is 5.96. The highest BCUT2D eigenvalue weighted by atomic mass is 16.1. The maximum Gasteiger partial charge on any atom is 0.269 e. The average molecular weight is 309 g/mol. The number of hydrogen-bond acceptors (Lipinski definition) is 3. The zero-order valence-corrected chi connectivity index (χ0v) is 13.4.